The lowest BCUT2D eigenvalue weighted by Gasteiger charge is -2.10. The Balaban J connectivity index is 2.04. The summed E-state index contributed by atoms with van der Waals surface area (Å²) < 4.78 is 6.23. The van der Waals surface area contributed by atoms with Crippen LogP contribution in [0.2, 0.25) is 0 Å². The van der Waals surface area contributed by atoms with Gasteiger partial charge < -0.3 is 10.1 Å². The van der Waals surface area contributed by atoms with Gasteiger partial charge in [-0.3, -0.25) is 4.98 Å². The molecule has 0 aliphatic rings. The molecule has 1 aromatic heterocycles. The molecule has 0 saturated carbocycles. The Bertz CT molecular complexity index is 543. The maximum atomic E-state index is 5.23. The number of anilines is 1. The SMILES string of the molecule is COc1ccc(NCc2cncc(Br)c2)cc1C. The predicted molar refractivity (Wildman–Crippen MR) is 77.0 cm³/mol. The van der Waals surface area contributed by atoms with Crippen LogP contribution in [0, 0.1) is 6.92 Å². The van der Waals surface area contributed by atoms with Gasteiger partial charge in [0.25, 0.3) is 0 Å². The number of pyridine rings is 1. The van der Waals surface area contributed by atoms with Crippen molar-refractivity contribution in [2.45, 2.75) is 13.5 Å². The normalized spacial score (nSPS) is 10.2. The molecule has 1 aromatic carbocycles. The van der Waals surface area contributed by atoms with Crippen molar-refractivity contribution in [3.8, 4) is 5.75 Å². The fourth-order valence-electron chi connectivity index (χ4n) is 1.75. The van der Waals surface area contributed by atoms with Crippen molar-refractivity contribution in [1.29, 1.82) is 0 Å². The number of halogens is 1. The van der Waals surface area contributed by atoms with E-state index in [1.807, 2.05) is 25.3 Å². The van der Waals surface area contributed by atoms with Gasteiger partial charge in [0.1, 0.15) is 5.75 Å². The second-order valence-corrected chi connectivity index (χ2v) is 4.97. The van der Waals surface area contributed by atoms with E-state index in [0.717, 1.165) is 33.6 Å². The van der Waals surface area contributed by atoms with Crippen molar-refractivity contribution >= 4 is 21.6 Å². The quantitative estimate of drug-likeness (QED) is 0.933. The number of nitrogens with one attached hydrogen (secondary N) is 1. The summed E-state index contributed by atoms with van der Waals surface area (Å²) >= 11 is 3.41. The first-order chi connectivity index (χ1) is 8.69. The van der Waals surface area contributed by atoms with Crippen molar-refractivity contribution in [2.75, 3.05) is 12.4 Å². The van der Waals surface area contributed by atoms with Crippen molar-refractivity contribution in [1.82, 2.24) is 4.98 Å². The Morgan fingerprint density at radius 1 is 1.28 bits per heavy atom. The molecule has 0 spiro atoms. The number of aryl methyl sites for hydroxylation is 1. The minimum Gasteiger partial charge on any atom is -0.496 e. The van der Waals surface area contributed by atoms with E-state index in [1.165, 1.54) is 0 Å². The zero-order valence-electron chi connectivity index (χ0n) is 10.4. The van der Waals surface area contributed by atoms with Crippen LogP contribution in [0.4, 0.5) is 5.69 Å². The number of rotatable bonds is 4. The van der Waals surface area contributed by atoms with E-state index in [9.17, 15) is 0 Å². The third-order valence-corrected chi connectivity index (χ3v) is 3.09. The van der Waals surface area contributed by atoms with E-state index >= 15 is 0 Å². The van der Waals surface area contributed by atoms with E-state index in [0.29, 0.717) is 0 Å². The van der Waals surface area contributed by atoms with E-state index in [2.05, 4.69) is 38.4 Å². The Hall–Kier alpha value is -1.55. The molecule has 2 rings (SSSR count). The van der Waals surface area contributed by atoms with E-state index in [-0.39, 0.29) is 0 Å². The molecule has 18 heavy (non-hydrogen) atoms. The van der Waals surface area contributed by atoms with Crippen LogP contribution >= 0.6 is 15.9 Å². The molecule has 4 heteroatoms. The number of aromatic nitrogens is 1. The highest BCUT2D eigenvalue weighted by Gasteiger charge is 2.00. The summed E-state index contributed by atoms with van der Waals surface area (Å²) in [6.07, 6.45) is 3.63. The monoisotopic (exact) mass is 306 g/mol. The van der Waals surface area contributed by atoms with Crippen LogP contribution < -0.4 is 10.1 Å². The Kier molecular flexibility index (Phi) is 4.20. The Morgan fingerprint density at radius 3 is 2.78 bits per heavy atom. The van der Waals surface area contributed by atoms with Crippen LogP contribution in [0.5, 0.6) is 5.75 Å². The summed E-state index contributed by atoms with van der Waals surface area (Å²) in [5.41, 5.74) is 3.33. The van der Waals surface area contributed by atoms with Gasteiger partial charge >= 0.3 is 0 Å². The summed E-state index contributed by atoms with van der Waals surface area (Å²) in [5, 5.41) is 3.36. The van der Waals surface area contributed by atoms with Gasteiger partial charge in [0.05, 0.1) is 7.11 Å². The van der Waals surface area contributed by atoms with E-state index in [1.54, 1.807) is 13.3 Å². The summed E-state index contributed by atoms with van der Waals surface area (Å²) in [7, 11) is 1.68. The average Bonchev–Trinajstić information content (AvgIpc) is 2.37. The minimum atomic E-state index is 0.748. The zero-order chi connectivity index (χ0) is 13.0. The molecule has 3 nitrogen and oxygen atoms in total. The molecule has 0 saturated heterocycles. The topological polar surface area (TPSA) is 34.1 Å². The molecule has 2 aromatic rings. The summed E-state index contributed by atoms with van der Waals surface area (Å²) in [6, 6.07) is 8.11. The highest BCUT2D eigenvalue weighted by molar-refractivity contribution is 9.10. The molecular weight excluding hydrogens is 292 g/mol. The average molecular weight is 307 g/mol. The van der Waals surface area contributed by atoms with E-state index in [4.69, 9.17) is 4.74 Å². The standard InChI is InChI=1S/C14H15BrN2O/c1-10-5-13(3-4-14(10)18-2)17-8-11-6-12(15)9-16-7-11/h3-7,9,17H,8H2,1-2H3. The molecule has 0 bridgehead atoms. The third kappa shape index (κ3) is 3.23. The lowest BCUT2D eigenvalue weighted by atomic mass is 10.2. The van der Waals surface area contributed by atoms with Gasteiger partial charge in [-0.1, -0.05) is 0 Å². The maximum Gasteiger partial charge on any atom is 0.121 e. The van der Waals surface area contributed by atoms with Crippen LogP contribution in [0.15, 0.2) is 41.1 Å². The highest BCUT2D eigenvalue weighted by atomic mass is 79.9. The summed E-state index contributed by atoms with van der Waals surface area (Å²) in [4.78, 5) is 4.13. The molecule has 0 unspecified atom stereocenters. The van der Waals surface area contributed by atoms with Gasteiger partial charge in [-0.2, -0.15) is 0 Å². The van der Waals surface area contributed by atoms with Crippen molar-refractivity contribution < 1.29 is 4.74 Å². The Labute approximate surface area is 115 Å². The van der Waals surface area contributed by atoms with Gasteiger partial charge in [-0.05, 0) is 58.2 Å². The van der Waals surface area contributed by atoms with Crippen LogP contribution in [0.25, 0.3) is 0 Å². The Morgan fingerprint density at radius 2 is 2.11 bits per heavy atom. The molecule has 0 amide bonds. The lowest BCUT2D eigenvalue weighted by Crippen LogP contribution is -2.00. The van der Waals surface area contributed by atoms with Crippen LogP contribution in [0.3, 0.4) is 0 Å². The van der Waals surface area contributed by atoms with Gasteiger partial charge in [-0.15, -0.1) is 0 Å². The predicted octanol–water partition coefficient (Wildman–Crippen LogP) is 3.77. The van der Waals surface area contributed by atoms with E-state index < -0.39 is 0 Å². The first-order valence-electron chi connectivity index (χ1n) is 5.67. The van der Waals surface area contributed by atoms with Crippen LogP contribution in [0.1, 0.15) is 11.1 Å². The fraction of sp³-hybridized carbons (Fsp3) is 0.214. The maximum absolute atomic E-state index is 5.23. The van der Waals surface area contributed by atoms with Crippen LogP contribution in [-0.2, 0) is 6.54 Å². The number of ether oxygens (including phenoxy) is 1. The minimum absolute atomic E-state index is 0.748. The first kappa shape index (κ1) is 12.9. The second-order valence-electron chi connectivity index (χ2n) is 4.05. The number of methoxy groups -OCH3 is 1. The smallest absolute Gasteiger partial charge is 0.121 e. The first-order valence-corrected chi connectivity index (χ1v) is 6.46. The van der Waals surface area contributed by atoms with Gasteiger partial charge in [-0.25, -0.2) is 0 Å². The zero-order valence-corrected chi connectivity index (χ0v) is 12.0. The molecule has 0 radical (unpaired) electrons. The number of hydrogen-bond acceptors (Lipinski definition) is 3. The molecule has 0 fully saturated rings. The molecule has 94 valence electrons. The number of hydrogen-bond donors (Lipinski definition) is 1. The van der Waals surface area contributed by atoms with Crippen LogP contribution in [-0.4, -0.2) is 12.1 Å². The van der Waals surface area contributed by atoms with Crippen molar-refractivity contribution in [3.63, 3.8) is 0 Å². The van der Waals surface area contributed by atoms with Gasteiger partial charge in [0.2, 0.25) is 0 Å². The summed E-state index contributed by atoms with van der Waals surface area (Å²) in [5.74, 6) is 0.907. The fourth-order valence-corrected chi connectivity index (χ4v) is 2.16. The highest BCUT2D eigenvalue weighted by Crippen LogP contribution is 2.21. The lowest BCUT2D eigenvalue weighted by molar-refractivity contribution is 0.412. The molecular formula is C14H15BrN2O. The second kappa shape index (κ2) is 5.87. The largest absolute Gasteiger partial charge is 0.496 e. The third-order valence-electron chi connectivity index (χ3n) is 2.65. The number of benzene rings is 1. The van der Waals surface area contributed by atoms with Crippen molar-refractivity contribution in [2.24, 2.45) is 0 Å². The van der Waals surface area contributed by atoms with Gasteiger partial charge in [0.15, 0.2) is 0 Å². The van der Waals surface area contributed by atoms with Crippen molar-refractivity contribution in [3.05, 3.63) is 52.3 Å². The molecule has 1 heterocycles. The number of nitrogens with zero attached hydrogens (tertiary/aromatic N) is 1. The molecule has 0 aliphatic carbocycles. The molecule has 0 aliphatic heterocycles. The summed E-state index contributed by atoms with van der Waals surface area (Å²) in [6.45, 7) is 2.78. The molecule has 0 atom stereocenters. The van der Waals surface area contributed by atoms with Gasteiger partial charge in [0, 0.05) is 29.1 Å². The molecule has 1 N–H and O–H groups in total.